The van der Waals surface area contributed by atoms with E-state index in [1.165, 1.54) is 8.26 Å². The minimum absolute atomic E-state index is 0. The van der Waals surface area contributed by atoms with E-state index in [2.05, 4.69) is 40.8 Å². The van der Waals surface area contributed by atoms with E-state index in [0.29, 0.717) is 0 Å². The van der Waals surface area contributed by atoms with Crippen molar-refractivity contribution in [1.82, 2.24) is 0 Å². The zero-order valence-electron chi connectivity index (χ0n) is 1.59. The van der Waals surface area contributed by atoms with Gasteiger partial charge in [0, 0.05) is 0 Å². The Kier molecular flexibility index (Phi) is 20.7. The van der Waals surface area contributed by atoms with Gasteiger partial charge >= 0.3 is 49.1 Å². The van der Waals surface area contributed by atoms with Crippen LogP contribution in [0.15, 0.2) is 0 Å². The number of hydrogen-bond acceptors (Lipinski definition) is 0. The van der Waals surface area contributed by atoms with Gasteiger partial charge < -0.3 is 5.48 Å². The molecular formula is H2CoI2O. The summed E-state index contributed by atoms with van der Waals surface area (Å²) in [7, 11) is 1.38. The third-order valence-electron chi connectivity index (χ3n) is 0. The van der Waals surface area contributed by atoms with E-state index < -0.39 is 0 Å². The summed E-state index contributed by atoms with van der Waals surface area (Å²) in [5.41, 5.74) is 0. The monoisotopic (exact) mass is 331 g/mol. The Morgan fingerprint density at radius 2 is 1.25 bits per heavy atom. The van der Waals surface area contributed by atoms with E-state index in [1.807, 2.05) is 0 Å². The first kappa shape index (κ1) is 9.33. The van der Waals surface area contributed by atoms with Crippen LogP contribution in [0.5, 0.6) is 0 Å². The molecule has 0 aliphatic carbocycles. The molecule has 0 saturated heterocycles. The Labute approximate surface area is 53.8 Å². The van der Waals surface area contributed by atoms with Crippen molar-refractivity contribution in [3.8, 4) is 0 Å². The molecule has 0 amide bonds. The standard InChI is InChI=1S/Co.2HI.H2O/h;2*1H;1H2/q+2;;;/p-2. The van der Waals surface area contributed by atoms with Gasteiger partial charge in [-0.05, 0) is 0 Å². The van der Waals surface area contributed by atoms with Gasteiger partial charge in [0.2, 0.25) is 0 Å². The van der Waals surface area contributed by atoms with Crippen LogP contribution in [0.25, 0.3) is 0 Å². The van der Waals surface area contributed by atoms with Crippen LogP contribution < -0.4 is 0 Å². The van der Waals surface area contributed by atoms with Crippen molar-refractivity contribution >= 4 is 40.8 Å². The summed E-state index contributed by atoms with van der Waals surface area (Å²) in [6, 6.07) is 0. The third kappa shape index (κ3) is 9.06. The number of halogens is 2. The maximum atomic E-state index is 2.24. The first-order valence-electron chi connectivity index (χ1n) is 0.252. The predicted octanol–water partition coefficient (Wildman–Crippen LogP) is 0.944. The van der Waals surface area contributed by atoms with Crippen molar-refractivity contribution in [2.45, 2.75) is 0 Å². The summed E-state index contributed by atoms with van der Waals surface area (Å²) >= 11 is 4.49. The molecule has 0 fully saturated rings. The van der Waals surface area contributed by atoms with Crippen LogP contribution in [0.4, 0.5) is 0 Å². The van der Waals surface area contributed by atoms with Crippen molar-refractivity contribution < 1.29 is 13.7 Å². The second-order valence-electron chi connectivity index (χ2n) is 0.0476. The summed E-state index contributed by atoms with van der Waals surface area (Å²) in [4.78, 5) is 0. The third-order valence-corrected chi connectivity index (χ3v) is 0. The molecule has 4 heavy (non-hydrogen) atoms. The van der Waals surface area contributed by atoms with Gasteiger partial charge in [-0.15, -0.1) is 0 Å². The minimum atomic E-state index is 0. The van der Waals surface area contributed by atoms with Gasteiger partial charge in [-0.3, -0.25) is 0 Å². The van der Waals surface area contributed by atoms with Gasteiger partial charge in [0.05, 0.1) is 0 Å². The quantitative estimate of drug-likeness (QED) is 0.592. The van der Waals surface area contributed by atoms with Crippen LogP contribution in [0.2, 0.25) is 0 Å². The zero-order valence-corrected chi connectivity index (χ0v) is 6.95. The van der Waals surface area contributed by atoms with E-state index >= 15 is 0 Å². The topological polar surface area (TPSA) is 31.5 Å². The molecule has 0 aromatic carbocycles. The average Bonchev–Trinajstić information content (AvgIpc) is 0.918. The summed E-state index contributed by atoms with van der Waals surface area (Å²) in [5.74, 6) is 0. The van der Waals surface area contributed by atoms with E-state index in [-0.39, 0.29) is 5.48 Å². The fourth-order valence-electron chi connectivity index (χ4n) is 0. The van der Waals surface area contributed by atoms with Crippen molar-refractivity contribution in [2.75, 3.05) is 0 Å². The molecule has 0 aromatic rings. The summed E-state index contributed by atoms with van der Waals surface area (Å²) in [6.45, 7) is 0. The molecule has 0 spiro atoms. The molecule has 0 heterocycles. The second-order valence-corrected chi connectivity index (χ2v) is 8.84. The van der Waals surface area contributed by atoms with Crippen LogP contribution in [0.1, 0.15) is 0 Å². The first-order valence-corrected chi connectivity index (χ1v) is 6.97. The van der Waals surface area contributed by atoms with Gasteiger partial charge in [-0.25, -0.2) is 0 Å². The van der Waals surface area contributed by atoms with Gasteiger partial charge in [-0.1, -0.05) is 0 Å². The fourth-order valence-corrected chi connectivity index (χ4v) is 0. The molecule has 1 nitrogen and oxygen atoms in total. The van der Waals surface area contributed by atoms with Gasteiger partial charge in [0.1, 0.15) is 0 Å². The maximum absolute atomic E-state index is 2.24. The summed E-state index contributed by atoms with van der Waals surface area (Å²) < 4.78 is 0. The molecule has 2 N–H and O–H groups in total. The van der Waals surface area contributed by atoms with E-state index in [0.717, 1.165) is 0 Å². The van der Waals surface area contributed by atoms with Crippen LogP contribution >= 0.6 is 40.8 Å². The Hall–Kier alpha value is 1.93. The van der Waals surface area contributed by atoms with Gasteiger partial charge in [-0.2, -0.15) is 0 Å². The molecule has 0 unspecified atom stereocenters. The molecule has 4 heteroatoms. The Morgan fingerprint density at radius 3 is 1.25 bits per heavy atom. The fraction of sp³-hybridized carbons (Fsp3) is 0. The molecule has 0 rings (SSSR count). The molecule has 0 aliphatic heterocycles. The van der Waals surface area contributed by atoms with Gasteiger partial charge in [0.15, 0.2) is 0 Å². The molecule has 0 aliphatic rings. The van der Waals surface area contributed by atoms with Crippen LogP contribution in [0.3, 0.4) is 0 Å². The Morgan fingerprint density at radius 1 is 1.25 bits per heavy atom. The van der Waals surface area contributed by atoms with Gasteiger partial charge in [0.25, 0.3) is 0 Å². The van der Waals surface area contributed by atoms with Crippen molar-refractivity contribution in [2.24, 2.45) is 0 Å². The van der Waals surface area contributed by atoms with Crippen molar-refractivity contribution in [3.05, 3.63) is 0 Å². The van der Waals surface area contributed by atoms with Crippen LogP contribution in [-0.4, -0.2) is 5.48 Å². The van der Waals surface area contributed by atoms with E-state index in [4.69, 9.17) is 0 Å². The second kappa shape index (κ2) is 8.87. The Balaban J connectivity index is 0. The summed E-state index contributed by atoms with van der Waals surface area (Å²) in [5, 5.41) is 0. The SMILES string of the molecule is O.[I][Co][I]. The van der Waals surface area contributed by atoms with Crippen molar-refractivity contribution in [1.29, 1.82) is 0 Å². The molecular weight excluding hydrogens is 329 g/mol. The van der Waals surface area contributed by atoms with E-state index in [9.17, 15) is 0 Å². The molecule has 0 atom stereocenters. The van der Waals surface area contributed by atoms with Crippen LogP contribution in [0, 0.1) is 0 Å². The van der Waals surface area contributed by atoms with Crippen molar-refractivity contribution in [3.63, 3.8) is 0 Å². The zero-order chi connectivity index (χ0) is 2.71. The number of rotatable bonds is 0. The number of hydrogen-bond donors (Lipinski definition) is 0. The normalized spacial score (nSPS) is 5.50. The molecule has 31 valence electrons. The van der Waals surface area contributed by atoms with Crippen LogP contribution in [-0.2, 0) is 8.26 Å². The molecule has 0 bridgehead atoms. The average molecular weight is 331 g/mol. The Bertz CT molecular complexity index is 6.00. The predicted molar refractivity (Wildman–Crippen MR) is 31.7 cm³/mol. The molecule has 0 saturated carbocycles. The molecule has 0 radical (unpaired) electrons. The first-order chi connectivity index (χ1) is 1.41. The summed E-state index contributed by atoms with van der Waals surface area (Å²) in [6.07, 6.45) is 0. The van der Waals surface area contributed by atoms with E-state index in [1.54, 1.807) is 0 Å². The molecule has 0 aromatic heterocycles.